The Morgan fingerprint density at radius 1 is 0.941 bits per heavy atom. The lowest BCUT2D eigenvalue weighted by atomic mass is 10.1. The summed E-state index contributed by atoms with van der Waals surface area (Å²) in [6, 6.07) is 17.6. The van der Waals surface area contributed by atoms with Gasteiger partial charge in [-0.3, -0.25) is 4.79 Å². The molecule has 3 heteroatoms. The molecule has 1 aliphatic rings. The van der Waals surface area contributed by atoms with Crippen LogP contribution < -0.4 is 4.31 Å². The fourth-order valence-electron chi connectivity index (χ4n) is 1.91. The number of anilines is 1. The van der Waals surface area contributed by atoms with E-state index in [0.717, 1.165) is 22.6 Å². The molecule has 0 saturated heterocycles. The summed E-state index contributed by atoms with van der Waals surface area (Å²) in [6.07, 6.45) is 0. The average Bonchev–Trinajstić information content (AvgIpc) is 2.40. The van der Waals surface area contributed by atoms with Crippen LogP contribution in [0.3, 0.4) is 0 Å². The van der Waals surface area contributed by atoms with Crippen LogP contribution in [0.15, 0.2) is 54.6 Å². The van der Waals surface area contributed by atoms with Crippen LogP contribution in [0.1, 0.15) is 15.9 Å². The molecule has 84 valence electrons. The van der Waals surface area contributed by atoms with E-state index < -0.39 is 0 Å². The fourth-order valence-corrected chi connectivity index (χ4v) is 2.92. The van der Waals surface area contributed by atoms with Crippen molar-refractivity contribution in [1.82, 2.24) is 0 Å². The number of nitrogens with zero attached hydrogens (tertiary/aromatic N) is 1. The van der Waals surface area contributed by atoms with Gasteiger partial charge in [0.05, 0.1) is 5.69 Å². The number of rotatable bonds is 1. The molecule has 3 rings (SSSR count). The highest BCUT2D eigenvalue weighted by Gasteiger charge is 2.25. The minimum Gasteiger partial charge on any atom is -0.268 e. The quantitative estimate of drug-likeness (QED) is 0.712. The number of para-hydroxylation sites is 1. The number of hydrogen-bond donors (Lipinski definition) is 0. The molecular weight excluding hydrogens is 230 g/mol. The van der Waals surface area contributed by atoms with Gasteiger partial charge in [-0.1, -0.05) is 36.4 Å². The average molecular weight is 241 g/mol. The Kier molecular flexibility index (Phi) is 2.61. The third-order valence-corrected chi connectivity index (χ3v) is 3.85. The number of benzene rings is 2. The first-order valence-electron chi connectivity index (χ1n) is 5.46. The predicted molar refractivity (Wildman–Crippen MR) is 71.0 cm³/mol. The molecule has 0 aliphatic carbocycles. The highest BCUT2D eigenvalue weighted by molar-refractivity contribution is 8.00. The zero-order chi connectivity index (χ0) is 11.7. The van der Waals surface area contributed by atoms with Gasteiger partial charge in [0.1, 0.15) is 0 Å². The van der Waals surface area contributed by atoms with E-state index >= 15 is 0 Å². The lowest BCUT2D eigenvalue weighted by Gasteiger charge is -2.27. The van der Waals surface area contributed by atoms with Crippen LogP contribution in [-0.2, 0) is 5.75 Å². The van der Waals surface area contributed by atoms with E-state index in [1.807, 2.05) is 54.6 Å². The molecule has 0 spiro atoms. The van der Waals surface area contributed by atoms with Crippen LogP contribution in [0, 0.1) is 0 Å². The molecule has 1 amide bonds. The molecule has 0 saturated carbocycles. The number of carbonyl (C=O) groups excluding carboxylic acids is 1. The lowest BCUT2D eigenvalue weighted by molar-refractivity contribution is 0.101. The first kappa shape index (κ1) is 10.4. The second-order valence-corrected chi connectivity index (χ2v) is 4.78. The van der Waals surface area contributed by atoms with Gasteiger partial charge in [0, 0.05) is 11.3 Å². The molecule has 0 N–H and O–H groups in total. The van der Waals surface area contributed by atoms with Crippen LogP contribution in [0.2, 0.25) is 0 Å². The Bertz CT molecular complexity index is 553. The van der Waals surface area contributed by atoms with E-state index in [1.54, 1.807) is 16.3 Å². The van der Waals surface area contributed by atoms with Gasteiger partial charge < -0.3 is 0 Å². The van der Waals surface area contributed by atoms with Gasteiger partial charge in [0.2, 0.25) is 0 Å². The lowest BCUT2D eigenvalue weighted by Crippen LogP contribution is -2.28. The summed E-state index contributed by atoms with van der Waals surface area (Å²) in [5.74, 6) is 0.916. The van der Waals surface area contributed by atoms with Crippen molar-refractivity contribution in [3.8, 4) is 0 Å². The second kappa shape index (κ2) is 4.26. The first-order chi connectivity index (χ1) is 8.36. The molecule has 0 bridgehead atoms. The number of amides is 1. The Hall–Kier alpha value is -1.74. The zero-order valence-electron chi connectivity index (χ0n) is 9.17. The standard InChI is InChI=1S/C14H11NOS/c16-14-13-9-5-4-6-11(13)10-17-15(14)12-7-2-1-3-8-12/h1-9H,10H2. The van der Waals surface area contributed by atoms with Crippen LogP contribution >= 0.6 is 11.9 Å². The molecule has 0 aromatic heterocycles. The third kappa shape index (κ3) is 1.83. The minimum absolute atomic E-state index is 0.0723. The number of hydrogen-bond acceptors (Lipinski definition) is 2. The maximum Gasteiger partial charge on any atom is 0.268 e. The monoisotopic (exact) mass is 241 g/mol. The van der Waals surface area contributed by atoms with Gasteiger partial charge >= 0.3 is 0 Å². The van der Waals surface area contributed by atoms with Crippen molar-refractivity contribution in [1.29, 1.82) is 0 Å². The Balaban J connectivity index is 2.00. The summed E-state index contributed by atoms with van der Waals surface area (Å²) in [7, 11) is 0. The van der Waals surface area contributed by atoms with Gasteiger partial charge in [0.25, 0.3) is 5.91 Å². The SMILES string of the molecule is O=C1c2ccccc2CSN1c1ccccc1. The topological polar surface area (TPSA) is 20.3 Å². The second-order valence-electron chi connectivity index (χ2n) is 3.87. The Morgan fingerprint density at radius 3 is 2.47 bits per heavy atom. The highest BCUT2D eigenvalue weighted by Crippen LogP contribution is 2.33. The van der Waals surface area contributed by atoms with E-state index in [4.69, 9.17) is 0 Å². The van der Waals surface area contributed by atoms with Crippen molar-refractivity contribution in [2.24, 2.45) is 0 Å². The van der Waals surface area contributed by atoms with E-state index in [2.05, 4.69) is 0 Å². The molecule has 0 atom stereocenters. The molecule has 0 radical (unpaired) electrons. The first-order valence-corrected chi connectivity index (χ1v) is 6.41. The normalized spacial score (nSPS) is 14.6. The Morgan fingerprint density at radius 2 is 1.65 bits per heavy atom. The molecule has 2 aromatic carbocycles. The van der Waals surface area contributed by atoms with Crippen molar-refractivity contribution in [3.05, 3.63) is 65.7 Å². The summed E-state index contributed by atoms with van der Waals surface area (Å²) >= 11 is 1.55. The number of carbonyl (C=O) groups is 1. The van der Waals surface area contributed by atoms with Crippen LogP contribution in [-0.4, -0.2) is 5.91 Å². The van der Waals surface area contributed by atoms with Gasteiger partial charge in [0.15, 0.2) is 0 Å². The maximum atomic E-state index is 12.3. The van der Waals surface area contributed by atoms with E-state index in [9.17, 15) is 4.79 Å². The van der Waals surface area contributed by atoms with Gasteiger partial charge in [-0.05, 0) is 35.7 Å². The molecule has 2 nitrogen and oxygen atoms in total. The molecular formula is C14H11NOS. The summed E-state index contributed by atoms with van der Waals surface area (Å²) < 4.78 is 1.77. The molecule has 2 aromatic rings. The largest absolute Gasteiger partial charge is 0.268 e. The maximum absolute atomic E-state index is 12.3. The fraction of sp³-hybridized carbons (Fsp3) is 0.0714. The Labute approximate surface area is 104 Å². The van der Waals surface area contributed by atoms with E-state index in [-0.39, 0.29) is 5.91 Å². The third-order valence-electron chi connectivity index (χ3n) is 2.77. The minimum atomic E-state index is 0.0723. The smallest absolute Gasteiger partial charge is 0.268 e. The number of fused-ring (bicyclic) bond motifs is 1. The highest BCUT2D eigenvalue weighted by atomic mass is 32.2. The van der Waals surface area contributed by atoms with E-state index in [1.165, 1.54) is 0 Å². The summed E-state index contributed by atoms with van der Waals surface area (Å²) in [4.78, 5) is 12.3. The van der Waals surface area contributed by atoms with Crippen molar-refractivity contribution in [2.45, 2.75) is 5.75 Å². The molecule has 0 unspecified atom stereocenters. The van der Waals surface area contributed by atoms with Crippen LogP contribution in [0.4, 0.5) is 5.69 Å². The van der Waals surface area contributed by atoms with Gasteiger partial charge in [-0.25, -0.2) is 4.31 Å². The van der Waals surface area contributed by atoms with Crippen LogP contribution in [0.5, 0.6) is 0 Å². The van der Waals surface area contributed by atoms with Crippen LogP contribution in [0.25, 0.3) is 0 Å². The molecule has 0 fully saturated rings. The van der Waals surface area contributed by atoms with Crippen molar-refractivity contribution >= 4 is 23.5 Å². The zero-order valence-corrected chi connectivity index (χ0v) is 9.98. The molecule has 1 aliphatic heterocycles. The summed E-state index contributed by atoms with van der Waals surface area (Å²) in [5.41, 5.74) is 2.88. The predicted octanol–water partition coefficient (Wildman–Crippen LogP) is 3.50. The molecule has 17 heavy (non-hydrogen) atoms. The van der Waals surface area contributed by atoms with Gasteiger partial charge in [-0.15, -0.1) is 0 Å². The van der Waals surface area contributed by atoms with Crippen molar-refractivity contribution in [2.75, 3.05) is 4.31 Å². The summed E-state index contributed by atoms with van der Waals surface area (Å²) in [6.45, 7) is 0. The van der Waals surface area contributed by atoms with Crippen molar-refractivity contribution < 1.29 is 4.79 Å². The summed E-state index contributed by atoms with van der Waals surface area (Å²) in [5, 5.41) is 0. The van der Waals surface area contributed by atoms with Gasteiger partial charge in [-0.2, -0.15) is 0 Å². The van der Waals surface area contributed by atoms with E-state index in [0.29, 0.717) is 0 Å². The van der Waals surface area contributed by atoms with Crippen molar-refractivity contribution in [3.63, 3.8) is 0 Å². The molecule has 1 heterocycles.